The molecule has 2 fully saturated rings. The maximum absolute atomic E-state index is 14.3. The molecule has 0 spiro atoms. The van der Waals surface area contributed by atoms with Gasteiger partial charge in [0.25, 0.3) is 5.91 Å². The number of amides is 2. The van der Waals surface area contributed by atoms with E-state index in [0.717, 1.165) is 49.2 Å². The van der Waals surface area contributed by atoms with Crippen LogP contribution in [0.25, 0.3) is 11.3 Å². The van der Waals surface area contributed by atoms with Crippen LogP contribution in [0.4, 0.5) is 4.79 Å². The first kappa shape index (κ1) is 30.6. The Kier molecular flexibility index (Phi) is 10.7. The van der Waals surface area contributed by atoms with Crippen LogP contribution in [-0.2, 0) is 9.47 Å². The predicted molar refractivity (Wildman–Crippen MR) is 164 cm³/mol. The lowest BCUT2D eigenvalue weighted by molar-refractivity contribution is 0.0601. The third-order valence-corrected chi connectivity index (χ3v) is 8.31. The number of aryl methyl sites for hydroxylation is 1. The third kappa shape index (κ3) is 7.74. The average molecular weight is 590 g/mol. The Morgan fingerprint density at radius 2 is 1.81 bits per heavy atom. The predicted octanol–water partition coefficient (Wildman–Crippen LogP) is 4.60. The van der Waals surface area contributed by atoms with Gasteiger partial charge in [-0.25, -0.2) is 9.78 Å². The molecule has 10 nitrogen and oxygen atoms in total. The molecule has 0 bridgehead atoms. The molecule has 1 aromatic heterocycles. The van der Waals surface area contributed by atoms with Gasteiger partial charge >= 0.3 is 6.09 Å². The van der Waals surface area contributed by atoms with Crippen molar-refractivity contribution < 1.29 is 23.8 Å². The lowest BCUT2D eigenvalue weighted by Gasteiger charge is -2.36. The molecule has 230 valence electrons. The summed E-state index contributed by atoms with van der Waals surface area (Å²) in [5, 5.41) is 6.51. The smallest absolute Gasteiger partial charge is 0.407 e. The number of nitrogens with zero attached hydrogens (tertiary/aromatic N) is 3. The molecule has 2 heterocycles. The number of carbonyl (C=O) groups is 2. The number of methoxy groups -OCH3 is 1. The highest BCUT2D eigenvalue weighted by atomic mass is 16.6. The fourth-order valence-corrected chi connectivity index (χ4v) is 6.04. The summed E-state index contributed by atoms with van der Waals surface area (Å²) in [7, 11) is 1.57. The van der Waals surface area contributed by atoms with E-state index in [4.69, 9.17) is 19.2 Å². The molecule has 5 rings (SSSR count). The molecule has 1 aliphatic heterocycles. The SMILES string of the molecule is COCCOC(=O)N[C@H]1CCCC[C@@H]1n1cnc(C(=O)N2CCNC[C@H]2CCOc2ccc(C)cc2)c1-c1ccccc1. The number of carbonyl (C=O) groups excluding carboxylic acids is 2. The molecular weight excluding hydrogens is 546 g/mol. The van der Waals surface area contributed by atoms with Gasteiger partial charge < -0.3 is 34.3 Å². The highest BCUT2D eigenvalue weighted by molar-refractivity contribution is 5.98. The second-order valence-electron chi connectivity index (χ2n) is 11.3. The van der Waals surface area contributed by atoms with Crippen LogP contribution in [0, 0.1) is 6.92 Å². The van der Waals surface area contributed by atoms with Crippen LogP contribution in [0.15, 0.2) is 60.9 Å². The van der Waals surface area contributed by atoms with E-state index in [-0.39, 0.29) is 30.6 Å². The van der Waals surface area contributed by atoms with E-state index in [0.29, 0.717) is 38.4 Å². The molecular formula is C33H43N5O5. The number of benzene rings is 2. The molecule has 0 unspecified atom stereocenters. The Morgan fingerprint density at radius 3 is 2.60 bits per heavy atom. The molecule has 1 saturated heterocycles. The number of nitrogens with one attached hydrogen (secondary N) is 2. The van der Waals surface area contributed by atoms with Crippen molar-refractivity contribution in [3.8, 4) is 17.0 Å². The summed E-state index contributed by atoms with van der Waals surface area (Å²) in [4.78, 5) is 33.5. The van der Waals surface area contributed by atoms with Gasteiger partial charge in [-0.05, 0) is 31.9 Å². The number of ether oxygens (including phenoxy) is 3. The molecule has 3 aromatic rings. The number of aromatic nitrogens is 2. The van der Waals surface area contributed by atoms with Crippen molar-refractivity contribution in [2.45, 2.75) is 57.2 Å². The summed E-state index contributed by atoms with van der Waals surface area (Å²) in [5.74, 6) is 0.745. The summed E-state index contributed by atoms with van der Waals surface area (Å²) >= 11 is 0. The number of alkyl carbamates (subject to hydrolysis) is 1. The lowest BCUT2D eigenvalue weighted by atomic mass is 9.89. The van der Waals surface area contributed by atoms with Gasteiger partial charge in [0.2, 0.25) is 0 Å². The maximum Gasteiger partial charge on any atom is 0.407 e. The molecule has 1 aliphatic carbocycles. The summed E-state index contributed by atoms with van der Waals surface area (Å²) in [6, 6.07) is 17.7. The Balaban J connectivity index is 1.37. The topological polar surface area (TPSA) is 107 Å². The van der Waals surface area contributed by atoms with E-state index in [1.807, 2.05) is 59.5 Å². The number of rotatable bonds is 11. The number of hydrogen-bond donors (Lipinski definition) is 2. The van der Waals surface area contributed by atoms with Gasteiger partial charge in [0.1, 0.15) is 12.4 Å². The zero-order valence-corrected chi connectivity index (χ0v) is 25.2. The zero-order chi connectivity index (χ0) is 30.0. The number of piperazine rings is 1. The van der Waals surface area contributed by atoms with Crippen LogP contribution in [0.2, 0.25) is 0 Å². The van der Waals surface area contributed by atoms with Crippen LogP contribution in [0.1, 0.15) is 54.2 Å². The standard InChI is InChI=1S/C33H43N5O5/c1-24-12-14-27(15-13-24)42-19-16-26-22-34-17-18-37(26)32(39)30-31(25-8-4-3-5-9-25)38(23-35-30)29-11-7-6-10-28(29)36-33(40)43-21-20-41-2/h3-5,8-9,12-15,23,26,28-29,34H,6-7,10-11,16-22H2,1-2H3,(H,36,40)/t26-,28+,29+/m1/s1. The molecule has 10 heteroatoms. The van der Waals surface area contributed by atoms with E-state index in [1.54, 1.807) is 13.4 Å². The monoisotopic (exact) mass is 589 g/mol. The molecule has 3 atom stereocenters. The molecule has 43 heavy (non-hydrogen) atoms. The highest BCUT2D eigenvalue weighted by Crippen LogP contribution is 2.35. The van der Waals surface area contributed by atoms with E-state index in [9.17, 15) is 9.59 Å². The van der Waals surface area contributed by atoms with E-state index in [1.165, 1.54) is 5.56 Å². The van der Waals surface area contributed by atoms with Crippen LogP contribution in [-0.4, -0.2) is 85.1 Å². The Labute approximate surface area is 253 Å². The maximum atomic E-state index is 14.3. The first-order valence-electron chi connectivity index (χ1n) is 15.3. The van der Waals surface area contributed by atoms with Gasteiger partial charge in [-0.3, -0.25) is 4.79 Å². The summed E-state index contributed by atoms with van der Waals surface area (Å²) in [5.41, 5.74) is 3.33. The van der Waals surface area contributed by atoms with Crippen molar-refractivity contribution >= 4 is 12.0 Å². The average Bonchev–Trinajstić information content (AvgIpc) is 3.48. The number of hydrogen-bond acceptors (Lipinski definition) is 7. The molecule has 2 N–H and O–H groups in total. The van der Waals surface area contributed by atoms with Gasteiger partial charge in [-0.1, -0.05) is 60.9 Å². The second-order valence-corrected chi connectivity index (χ2v) is 11.3. The van der Waals surface area contributed by atoms with Gasteiger partial charge in [-0.2, -0.15) is 0 Å². The molecule has 2 aromatic carbocycles. The van der Waals surface area contributed by atoms with E-state index in [2.05, 4.69) is 22.1 Å². The van der Waals surface area contributed by atoms with Crippen LogP contribution in [0.5, 0.6) is 5.75 Å². The van der Waals surface area contributed by atoms with E-state index >= 15 is 0 Å². The first-order chi connectivity index (χ1) is 21.0. The fourth-order valence-electron chi connectivity index (χ4n) is 6.04. The quantitative estimate of drug-likeness (QED) is 0.315. The van der Waals surface area contributed by atoms with Crippen LogP contribution < -0.4 is 15.4 Å². The number of imidazole rings is 1. The Bertz CT molecular complexity index is 1330. The minimum absolute atomic E-state index is 0.0218. The first-order valence-corrected chi connectivity index (χ1v) is 15.3. The van der Waals surface area contributed by atoms with Crippen molar-refractivity contribution in [1.82, 2.24) is 25.1 Å². The minimum atomic E-state index is -0.455. The van der Waals surface area contributed by atoms with Gasteiger partial charge in [0.15, 0.2) is 5.69 Å². The van der Waals surface area contributed by atoms with Crippen molar-refractivity contribution in [3.05, 3.63) is 72.2 Å². The second kappa shape index (κ2) is 15.0. The molecule has 2 amide bonds. The lowest BCUT2D eigenvalue weighted by Crippen LogP contribution is -2.54. The van der Waals surface area contributed by atoms with Gasteiger partial charge in [0, 0.05) is 44.8 Å². The normalized spacial score (nSPS) is 20.4. The van der Waals surface area contributed by atoms with Crippen molar-refractivity contribution in [2.24, 2.45) is 0 Å². The minimum Gasteiger partial charge on any atom is -0.494 e. The van der Waals surface area contributed by atoms with Gasteiger partial charge in [0.05, 0.1) is 37.3 Å². The Morgan fingerprint density at radius 1 is 1.02 bits per heavy atom. The summed E-state index contributed by atoms with van der Waals surface area (Å²) in [6.07, 6.45) is 5.73. The largest absolute Gasteiger partial charge is 0.494 e. The fraction of sp³-hybridized carbons (Fsp3) is 0.485. The molecule has 0 radical (unpaired) electrons. The molecule has 2 aliphatic rings. The van der Waals surface area contributed by atoms with Gasteiger partial charge in [-0.15, -0.1) is 0 Å². The van der Waals surface area contributed by atoms with Crippen LogP contribution >= 0.6 is 0 Å². The summed E-state index contributed by atoms with van der Waals surface area (Å²) in [6.45, 7) is 5.12. The van der Waals surface area contributed by atoms with Crippen molar-refractivity contribution in [2.75, 3.05) is 46.6 Å². The van der Waals surface area contributed by atoms with E-state index < -0.39 is 6.09 Å². The Hall–Kier alpha value is -3.89. The summed E-state index contributed by atoms with van der Waals surface area (Å²) < 4.78 is 18.4. The van der Waals surface area contributed by atoms with Crippen LogP contribution in [0.3, 0.4) is 0 Å². The van der Waals surface area contributed by atoms with Crippen molar-refractivity contribution in [3.63, 3.8) is 0 Å². The zero-order valence-electron chi connectivity index (χ0n) is 25.2. The van der Waals surface area contributed by atoms with Crippen molar-refractivity contribution in [1.29, 1.82) is 0 Å². The highest BCUT2D eigenvalue weighted by Gasteiger charge is 2.35. The third-order valence-electron chi connectivity index (χ3n) is 8.31. The molecule has 1 saturated carbocycles.